The number of nitrogen functional groups attached to an aromatic ring is 1. The lowest BCUT2D eigenvalue weighted by Gasteiger charge is -2.05. The van der Waals surface area contributed by atoms with Crippen LogP contribution in [-0.2, 0) is 0 Å². The number of benzene rings is 1. The average Bonchev–Trinajstić information content (AvgIpc) is 2.52. The number of rotatable bonds is 1. The number of nitrogens with two attached hydrogens (primary N) is 1. The van der Waals surface area contributed by atoms with Gasteiger partial charge in [-0.2, -0.15) is 0 Å². The number of hydrogen-bond donors (Lipinski definition) is 3. The lowest BCUT2D eigenvalue weighted by atomic mass is 10.1. The van der Waals surface area contributed by atoms with E-state index in [9.17, 15) is 10.2 Å². The van der Waals surface area contributed by atoms with E-state index in [0.29, 0.717) is 16.1 Å². The molecule has 0 saturated heterocycles. The van der Waals surface area contributed by atoms with Crippen molar-refractivity contribution in [3.8, 4) is 21.9 Å². The van der Waals surface area contributed by atoms with E-state index in [4.69, 9.17) is 5.73 Å². The minimum atomic E-state index is 0.0409. The summed E-state index contributed by atoms with van der Waals surface area (Å²) in [5.74, 6) is 0.0818. The van der Waals surface area contributed by atoms with E-state index in [-0.39, 0.29) is 11.5 Å². The topological polar surface area (TPSA) is 66.5 Å². The quantitative estimate of drug-likeness (QED) is 0.672. The van der Waals surface area contributed by atoms with E-state index in [1.165, 1.54) is 23.5 Å². The van der Waals surface area contributed by atoms with Gasteiger partial charge in [0.2, 0.25) is 0 Å². The summed E-state index contributed by atoms with van der Waals surface area (Å²) in [5.41, 5.74) is 6.66. The number of hydrogen-bond acceptors (Lipinski definition) is 4. The highest BCUT2D eigenvalue weighted by molar-refractivity contribution is 7.14. The first-order chi connectivity index (χ1) is 6.70. The molecule has 1 heterocycles. The summed E-state index contributed by atoms with van der Waals surface area (Å²) in [6.45, 7) is 0. The predicted octanol–water partition coefficient (Wildman–Crippen LogP) is 2.41. The van der Waals surface area contributed by atoms with Gasteiger partial charge in [-0.3, -0.25) is 0 Å². The van der Waals surface area contributed by atoms with Crippen molar-refractivity contribution in [1.29, 1.82) is 0 Å². The van der Waals surface area contributed by atoms with Crippen molar-refractivity contribution >= 4 is 17.0 Å². The molecule has 1 aromatic carbocycles. The third kappa shape index (κ3) is 1.29. The molecule has 0 radical (unpaired) electrons. The summed E-state index contributed by atoms with van der Waals surface area (Å²) in [6.07, 6.45) is 0. The van der Waals surface area contributed by atoms with Crippen LogP contribution in [0.25, 0.3) is 10.4 Å². The van der Waals surface area contributed by atoms with Crippen LogP contribution in [0.2, 0.25) is 0 Å². The molecule has 4 N–H and O–H groups in total. The normalized spacial score (nSPS) is 10.3. The van der Waals surface area contributed by atoms with Crippen LogP contribution in [0.15, 0.2) is 29.6 Å². The first-order valence-corrected chi connectivity index (χ1v) is 4.92. The molecule has 0 saturated carbocycles. The van der Waals surface area contributed by atoms with Gasteiger partial charge in [-0.1, -0.05) is 6.07 Å². The lowest BCUT2D eigenvalue weighted by Crippen LogP contribution is -1.84. The number of thiophene rings is 1. The molecule has 0 atom stereocenters. The Morgan fingerprint density at radius 1 is 1.07 bits per heavy atom. The molecule has 2 aromatic rings. The third-order valence-corrected chi connectivity index (χ3v) is 2.89. The maximum absolute atomic E-state index is 9.58. The fraction of sp³-hybridized carbons (Fsp3) is 0. The van der Waals surface area contributed by atoms with Crippen LogP contribution in [0.1, 0.15) is 0 Å². The minimum Gasteiger partial charge on any atom is -0.507 e. The van der Waals surface area contributed by atoms with E-state index in [1.807, 2.05) is 5.38 Å². The van der Waals surface area contributed by atoms with Gasteiger partial charge in [0, 0.05) is 0 Å². The van der Waals surface area contributed by atoms with E-state index in [1.54, 1.807) is 12.1 Å². The Bertz CT molecular complexity index is 445. The van der Waals surface area contributed by atoms with E-state index in [0.717, 1.165) is 0 Å². The summed E-state index contributed by atoms with van der Waals surface area (Å²) in [6, 6.07) is 6.37. The van der Waals surface area contributed by atoms with Crippen LogP contribution in [-0.4, -0.2) is 10.2 Å². The molecule has 0 aliphatic carbocycles. The van der Waals surface area contributed by atoms with Crippen molar-refractivity contribution < 1.29 is 10.2 Å². The van der Waals surface area contributed by atoms with Gasteiger partial charge in [-0.25, -0.2) is 0 Å². The van der Waals surface area contributed by atoms with E-state index < -0.39 is 0 Å². The second-order valence-electron chi connectivity index (χ2n) is 2.88. The zero-order chi connectivity index (χ0) is 10.1. The van der Waals surface area contributed by atoms with Crippen LogP contribution in [0.5, 0.6) is 11.5 Å². The third-order valence-electron chi connectivity index (χ3n) is 1.94. The standard InChI is InChI=1S/C10H9NO2S/c11-6-4-5-14-10(6)9-7(12)2-1-3-8(9)13/h1-5,12-13H,11H2. The molecular formula is C10H9NO2S. The minimum absolute atomic E-state index is 0.0409. The number of phenolic OH excluding ortho intramolecular Hbond substituents is 2. The largest absolute Gasteiger partial charge is 0.507 e. The Morgan fingerprint density at radius 3 is 2.21 bits per heavy atom. The monoisotopic (exact) mass is 207 g/mol. The van der Waals surface area contributed by atoms with Crippen LogP contribution in [0.3, 0.4) is 0 Å². The van der Waals surface area contributed by atoms with Gasteiger partial charge in [-0.05, 0) is 23.6 Å². The summed E-state index contributed by atoms with van der Waals surface area (Å²) in [5, 5.41) is 21.0. The van der Waals surface area contributed by atoms with Crippen molar-refractivity contribution in [2.45, 2.75) is 0 Å². The zero-order valence-electron chi connectivity index (χ0n) is 7.27. The second kappa shape index (κ2) is 3.23. The molecule has 3 nitrogen and oxygen atoms in total. The Morgan fingerprint density at radius 2 is 1.71 bits per heavy atom. The highest BCUT2D eigenvalue weighted by atomic mass is 32.1. The Hall–Kier alpha value is -1.68. The second-order valence-corrected chi connectivity index (χ2v) is 3.79. The van der Waals surface area contributed by atoms with E-state index in [2.05, 4.69) is 0 Å². The van der Waals surface area contributed by atoms with E-state index >= 15 is 0 Å². The van der Waals surface area contributed by atoms with Gasteiger partial charge in [0.15, 0.2) is 0 Å². The molecule has 14 heavy (non-hydrogen) atoms. The molecule has 0 amide bonds. The van der Waals surface area contributed by atoms with Gasteiger partial charge < -0.3 is 15.9 Å². The maximum atomic E-state index is 9.58. The Labute approximate surface area is 85.1 Å². The number of aromatic hydroxyl groups is 2. The fourth-order valence-corrected chi connectivity index (χ4v) is 2.17. The number of anilines is 1. The highest BCUT2D eigenvalue weighted by Gasteiger charge is 2.13. The molecule has 72 valence electrons. The fourth-order valence-electron chi connectivity index (χ4n) is 1.28. The molecule has 4 heteroatoms. The Balaban J connectivity index is 2.68. The molecule has 0 unspecified atom stereocenters. The zero-order valence-corrected chi connectivity index (χ0v) is 8.08. The average molecular weight is 207 g/mol. The van der Waals surface area contributed by atoms with Crippen molar-refractivity contribution in [2.75, 3.05) is 5.73 Å². The first kappa shape index (κ1) is 8.90. The smallest absolute Gasteiger partial charge is 0.128 e. The summed E-state index contributed by atoms with van der Waals surface area (Å²) < 4.78 is 0. The molecular weight excluding hydrogens is 198 g/mol. The molecule has 0 spiro atoms. The molecule has 1 aromatic heterocycles. The van der Waals surface area contributed by atoms with Gasteiger partial charge in [0.1, 0.15) is 11.5 Å². The van der Waals surface area contributed by atoms with Gasteiger partial charge >= 0.3 is 0 Å². The van der Waals surface area contributed by atoms with Gasteiger partial charge in [-0.15, -0.1) is 11.3 Å². The summed E-state index contributed by atoms with van der Waals surface area (Å²) in [4.78, 5) is 0.695. The van der Waals surface area contributed by atoms with Crippen LogP contribution >= 0.6 is 11.3 Å². The van der Waals surface area contributed by atoms with Crippen molar-refractivity contribution in [3.05, 3.63) is 29.6 Å². The first-order valence-electron chi connectivity index (χ1n) is 4.04. The maximum Gasteiger partial charge on any atom is 0.128 e. The van der Waals surface area contributed by atoms with Gasteiger partial charge in [0.25, 0.3) is 0 Å². The molecule has 0 fully saturated rings. The molecule has 0 aliphatic rings. The van der Waals surface area contributed by atoms with Crippen molar-refractivity contribution in [3.63, 3.8) is 0 Å². The lowest BCUT2D eigenvalue weighted by molar-refractivity contribution is 0.454. The van der Waals surface area contributed by atoms with Crippen molar-refractivity contribution in [1.82, 2.24) is 0 Å². The molecule has 2 rings (SSSR count). The Kier molecular flexibility index (Phi) is 2.05. The summed E-state index contributed by atoms with van der Waals surface area (Å²) >= 11 is 1.39. The van der Waals surface area contributed by atoms with Crippen molar-refractivity contribution in [2.24, 2.45) is 0 Å². The molecule has 0 bridgehead atoms. The summed E-state index contributed by atoms with van der Waals surface area (Å²) in [7, 11) is 0. The SMILES string of the molecule is Nc1ccsc1-c1c(O)cccc1O. The number of phenols is 2. The molecule has 0 aliphatic heterocycles. The van der Waals surface area contributed by atoms with Crippen LogP contribution in [0, 0.1) is 0 Å². The van der Waals surface area contributed by atoms with Gasteiger partial charge in [0.05, 0.1) is 16.1 Å². The highest BCUT2D eigenvalue weighted by Crippen LogP contribution is 2.42. The van der Waals surface area contributed by atoms with Crippen LogP contribution in [0.4, 0.5) is 5.69 Å². The van der Waals surface area contributed by atoms with Crippen LogP contribution < -0.4 is 5.73 Å². The predicted molar refractivity (Wildman–Crippen MR) is 57.5 cm³/mol.